The molecule has 2 aliphatic rings. The van der Waals surface area contributed by atoms with Crippen molar-refractivity contribution < 1.29 is 9.52 Å². The van der Waals surface area contributed by atoms with E-state index < -0.39 is 0 Å². The molecule has 1 atom stereocenters. The molecule has 2 saturated heterocycles. The van der Waals surface area contributed by atoms with Crippen molar-refractivity contribution in [2.75, 3.05) is 26.2 Å². The number of rotatable bonds is 5. The molecule has 148 valence electrons. The van der Waals surface area contributed by atoms with Crippen molar-refractivity contribution in [3.8, 4) is 0 Å². The fourth-order valence-electron chi connectivity index (χ4n) is 4.27. The average Bonchev–Trinajstić information content (AvgIpc) is 3.23. The van der Waals surface area contributed by atoms with Crippen LogP contribution in [0.3, 0.4) is 0 Å². The highest BCUT2D eigenvalue weighted by Crippen LogP contribution is 2.27. The van der Waals surface area contributed by atoms with Crippen LogP contribution in [0.5, 0.6) is 0 Å². The van der Waals surface area contributed by atoms with Crippen LogP contribution in [0.25, 0.3) is 0 Å². The van der Waals surface area contributed by atoms with E-state index in [0.717, 1.165) is 88.2 Å². The van der Waals surface area contributed by atoms with Crippen molar-refractivity contribution in [1.82, 2.24) is 29.5 Å². The second kappa shape index (κ2) is 8.08. The summed E-state index contributed by atoms with van der Waals surface area (Å²) in [5.74, 6) is 3.23. The molecular formula is C19H30N6O2. The number of oxazole rings is 1. The molecule has 0 amide bonds. The molecule has 2 aliphatic heterocycles. The summed E-state index contributed by atoms with van der Waals surface area (Å²) in [6.45, 7) is 7.44. The van der Waals surface area contributed by atoms with Crippen molar-refractivity contribution in [3.63, 3.8) is 0 Å². The van der Waals surface area contributed by atoms with Crippen LogP contribution in [-0.2, 0) is 20.1 Å². The van der Waals surface area contributed by atoms with E-state index in [-0.39, 0.29) is 6.10 Å². The molecule has 2 aromatic rings. The van der Waals surface area contributed by atoms with Gasteiger partial charge in [0.05, 0.1) is 18.3 Å². The van der Waals surface area contributed by atoms with Crippen LogP contribution < -0.4 is 0 Å². The number of likely N-dealkylation sites (tertiary alicyclic amines) is 2. The van der Waals surface area contributed by atoms with E-state index in [1.54, 1.807) is 6.26 Å². The van der Waals surface area contributed by atoms with Crippen molar-refractivity contribution in [3.05, 3.63) is 29.5 Å². The Hall–Kier alpha value is -1.77. The Bertz CT molecular complexity index is 749. The lowest BCUT2D eigenvalue weighted by atomic mass is 9.97. The molecule has 1 N–H and O–H groups in total. The molecule has 4 heterocycles. The Labute approximate surface area is 160 Å². The lowest BCUT2D eigenvalue weighted by Crippen LogP contribution is -2.36. The molecule has 0 aromatic carbocycles. The molecule has 2 aromatic heterocycles. The van der Waals surface area contributed by atoms with E-state index in [9.17, 15) is 5.11 Å². The maximum absolute atomic E-state index is 9.68. The Kier molecular flexibility index (Phi) is 5.56. The van der Waals surface area contributed by atoms with E-state index in [1.165, 1.54) is 0 Å². The summed E-state index contributed by atoms with van der Waals surface area (Å²) in [6, 6.07) is 0. The number of hydrogen-bond acceptors (Lipinski definition) is 7. The van der Waals surface area contributed by atoms with Gasteiger partial charge in [0, 0.05) is 46.1 Å². The van der Waals surface area contributed by atoms with Crippen molar-refractivity contribution in [2.24, 2.45) is 7.05 Å². The van der Waals surface area contributed by atoms with Gasteiger partial charge in [-0.2, -0.15) is 0 Å². The molecule has 1 unspecified atom stereocenters. The molecule has 8 nitrogen and oxygen atoms in total. The van der Waals surface area contributed by atoms with Crippen LogP contribution in [0.1, 0.15) is 54.8 Å². The van der Waals surface area contributed by atoms with Crippen LogP contribution in [-0.4, -0.2) is 66.9 Å². The monoisotopic (exact) mass is 374 g/mol. The minimum atomic E-state index is -0.141. The highest BCUT2D eigenvalue weighted by atomic mass is 16.3. The van der Waals surface area contributed by atoms with Gasteiger partial charge in [-0.15, -0.1) is 10.2 Å². The number of hydrogen-bond donors (Lipinski definition) is 1. The number of aliphatic hydroxyl groups excluding tert-OH is 1. The van der Waals surface area contributed by atoms with Gasteiger partial charge < -0.3 is 14.1 Å². The summed E-state index contributed by atoms with van der Waals surface area (Å²) >= 11 is 0. The van der Waals surface area contributed by atoms with Gasteiger partial charge in [0.15, 0.2) is 5.89 Å². The fraction of sp³-hybridized carbons (Fsp3) is 0.737. The summed E-state index contributed by atoms with van der Waals surface area (Å²) < 4.78 is 7.51. The Morgan fingerprint density at radius 2 is 1.93 bits per heavy atom. The molecule has 2 fully saturated rings. The zero-order valence-corrected chi connectivity index (χ0v) is 16.3. The predicted octanol–water partition coefficient (Wildman–Crippen LogP) is 1.45. The first-order valence-corrected chi connectivity index (χ1v) is 10.0. The van der Waals surface area contributed by atoms with Crippen LogP contribution in [0.2, 0.25) is 0 Å². The Balaban J connectivity index is 1.38. The lowest BCUT2D eigenvalue weighted by molar-refractivity contribution is 0.0775. The van der Waals surface area contributed by atoms with Gasteiger partial charge in [-0.05, 0) is 32.2 Å². The molecule has 0 spiro atoms. The Morgan fingerprint density at radius 1 is 1.11 bits per heavy atom. The van der Waals surface area contributed by atoms with Crippen molar-refractivity contribution in [1.29, 1.82) is 0 Å². The molecule has 0 bridgehead atoms. The minimum Gasteiger partial charge on any atom is -0.449 e. The molecule has 8 heteroatoms. The first-order valence-electron chi connectivity index (χ1n) is 10.0. The molecule has 0 saturated carbocycles. The van der Waals surface area contributed by atoms with Gasteiger partial charge in [0.25, 0.3) is 0 Å². The van der Waals surface area contributed by atoms with E-state index in [2.05, 4.69) is 36.6 Å². The third-order valence-electron chi connectivity index (χ3n) is 5.84. The second-order valence-corrected chi connectivity index (χ2v) is 7.97. The van der Waals surface area contributed by atoms with Gasteiger partial charge in [-0.25, -0.2) is 4.98 Å². The van der Waals surface area contributed by atoms with Gasteiger partial charge >= 0.3 is 0 Å². The number of piperidine rings is 2. The highest BCUT2D eigenvalue weighted by Gasteiger charge is 2.27. The maximum atomic E-state index is 9.68. The minimum absolute atomic E-state index is 0.141. The van der Waals surface area contributed by atoms with Crippen LogP contribution in [0.4, 0.5) is 0 Å². The summed E-state index contributed by atoms with van der Waals surface area (Å²) in [4.78, 5) is 9.23. The number of aliphatic hydroxyl groups is 1. The molecule has 0 radical (unpaired) electrons. The quantitative estimate of drug-likeness (QED) is 0.848. The zero-order chi connectivity index (χ0) is 18.8. The van der Waals surface area contributed by atoms with Crippen molar-refractivity contribution >= 4 is 0 Å². The van der Waals surface area contributed by atoms with E-state index in [1.807, 2.05) is 6.92 Å². The van der Waals surface area contributed by atoms with Crippen molar-refractivity contribution in [2.45, 2.75) is 57.7 Å². The third-order valence-corrected chi connectivity index (χ3v) is 5.84. The summed E-state index contributed by atoms with van der Waals surface area (Å²) in [6.07, 6.45) is 5.63. The van der Waals surface area contributed by atoms with Gasteiger partial charge in [0.1, 0.15) is 17.9 Å². The smallest absolute Gasteiger partial charge is 0.191 e. The second-order valence-electron chi connectivity index (χ2n) is 7.97. The summed E-state index contributed by atoms with van der Waals surface area (Å²) in [5, 5.41) is 18.7. The lowest BCUT2D eigenvalue weighted by Gasteiger charge is -2.31. The van der Waals surface area contributed by atoms with Crippen LogP contribution in [0, 0.1) is 6.92 Å². The van der Waals surface area contributed by atoms with Gasteiger partial charge in [-0.1, -0.05) is 0 Å². The molecule has 4 rings (SSSR count). The molecule has 27 heavy (non-hydrogen) atoms. The molecular weight excluding hydrogens is 344 g/mol. The van der Waals surface area contributed by atoms with E-state index in [0.29, 0.717) is 5.92 Å². The largest absolute Gasteiger partial charge is 0.449 e. The number of aromatic nitrogens is 4. The van der Waals surface area contributed by atoms with Crippen LogP contribution >= 0.6 is 0 Å². The maximum Gasteiger partial charge on any atom is 0.191 e. The number of nitrogens with zero attached hydrogens (tertiary/aromatic N) is 6. The van der Waals surface area contributed by atoms with E-state index in [4.69, 9.17) is 4.42 Å². The van der Waals surface area contributed by atoms with Gasteiger partial charge in [-0.3, -0.25) is 9.80 Å². The first-order chi connectivity index (χ1) is 13.1. The standard InChI is InChI=1S/C19H30N6O2/c1-14-20-16(13-27-14)11-25-7-3-4-15(10-25)19-22-21-18(23(19)2)12-24-8-5-17(26)6-9-24/h13,15,17,26H,3-12H2,1-2H3. The highest BCUT2D eigenvalue weighted by molar-refractivity contribution is 5.05. The molecule has 0 aliphatic carbocycles. The van der Waals surface area contributed by atoms with E-state index >= 15 is 0 Å². The summed E-state index contributed by atoms with van der Waals surface area (Å²) in [7, 11) is 2.09. The normalized spacial score (nSPS) is 23.1. The zero-order valence-electron chi connectivity index (χ0n) is 16.3. The first kappa shape index (κ1) is 18.6. The SMILES string of the molecule is Cc1nc(CN2CCCC(c3nnc(CN4CCC(O)CC4)n3C)C2)co1. The number of aryl methyl sites for hydroxylation is 1. The van der Waals surface area contributed by atoms with Gasteiger partial charge in [0.2, 0.25) is 0 Å². The topological polar surface area (TPSA) is 83.5 Å². The Morgan fingerprint density at radius 3 is 2.67 bits per heavy atom. The average molecular weight is 374 g/mol. The summed E-state index contributed by atoms with van der Waals surface area (Å²) in [5.41, 5.74) is 0.999. The third kappa shape index (κ3) is 4.39. The van der Waals surface area contributed by atoms with Crippen LogP contribution in [0.15, 0.2) is 10.7 Å². The predicted molar refractivity (Wildman–Crippen MR) is 100 cm³/mol. The fourth-order valence-corrected chi connectivity index (χ4v) is 4.27.